The Morgan fingerprint density at radius 3 is 2.43 bits per heavy atom. The number of rotatable bonds is 4. The largest absolute Gasteiger partial charge is 0.479 e. The molecule has 0 radical (unpaired) electrons. The number of carboxylic acid groups (broad SMARTS) is 1. The second-order valence-electron chi connectivity index (χ2n) is 7.57. The van der Waals surface area contributed by atoms with E-state index in [0.717, 1.165) is 19.3 Å². The van der Waals surface area contributed by atoms with Crippen molar-refractivity contribution < 1.29 is 14.7 Å². The predicted octanol–water partition coefficient (Wildman–Crippen LogP) is 3.48. The van der Waals surface area contributed by atoms with Crippen LogP contribution in [-0.2, 0) is 4.79 Å². The van der Waals surface area contributed by atoms with Gasteiger partial charge < -0.3 is 10.4 Å². The molecule has 0 heterocycles. The van der Waals surface area contributed by atoms with Gasteiger partial charge in [0.05, 0.1) is 0 Å². The summed E-state index contributed by atoms with van der Waals surface area (Å²) in [7, 11) is 0. The highest BCUT2D eigenvalue weighted by molar-refractivity contribution is 5.98. The summed E-state index contributed by atoms with van der Waals surface area (Å²) >= 11 is 0. The van der Waals surface area contributed by atoms with Crippen molar-refractivity contribution in [2.24, 2.45) is 16.7 Å². The highest BCUT2D eigenvalue weighted by atomic mass is 16.4. The van der Waals surface area contributed by atoms with Crippen LogP contribution in [-0.4, -0.2) is 22.5 Å². The summed E-state index contributed by atoms with van der Waals surface area (Å²) in [5, 5.41) is 13.0. The fraction of sp³-hybridized carbons (Fsp3) is 0.579. The summed E-state index contributed by atoms with van der Waals surface area (Å²) in [6, 6.07) is 8.87. The van der Waals surface area contributed by atoms with Crippen LogP contribution in [0.1, 0.15) is 56.8 Å². The van der Waals surface area contributed by atoms with E-state index in [1.807, 2.05) is 6.07 Å². The summed E-state index contributed by atoms with van der Waals surface area (Å²) in [5.41, 5.74) is -1.13. The zero-order chi connectivity index (χ0) is 16.9. The quantitative estimate of drug-likeness (QED) is 0.894. The van der Waals surface area contributed by atoms with Gasteiger partial charge in [0.15, 0.2) is 0 Å². The van der Waals surface area contributed by atoms with E-state index in [1.165, 1.54) is 0 Å². The van der Waals surface area contributed by atoms with Gasteiger partial charge in [-0.2, -0.15) is 0 Å². The standard InChI is InChI=1S/C19H25NO3/c1-4-17(2)14-10-11-18(17,3)19(12-14,16(22)23)20-15(21)13-8-6-5-7-9-13/h5-9,14H,4,10-12H2,1-3H3,(H,20,21)(H,22,23)/t14-,17+,18-,19+/m0/s1. The average molecular weight is 315 g/mol. The molecular weight excluding hydrogens is 290 g/mol. The van der Waals surface area contributed by atoms with Crippen LogP contribution in [0, 0.1) is 16.7 Å². The molecule has 2 fully saturated rings. The van der Waals surface area contributed by atoms with E-state index in [4.69, 9.17) is 0 Å². The fourth-order valence-electron chi connectivity index (χ4n) is 5.24. The minimum absolute atomic E-state index is 0.0463. The lowest BCUT2D eigenvalue weighted by Crippen LogP contribution is -2.64. The van der Waals surface area contributed by atoms with Crippen LogP contribution < -0.4 is 5.32 Å². The first kappa shape index (κ1) is 16.0. The maximum absolute atomic E-state index is 12.7. The molecule has 0 unspecified atom stereocenters. The lowest BCUT2D eigenvalue weighted by Gasteiger charge is -2.47. The second-order valence-corrected chi connectivity index (χ2v) is 7.57. The first-order valence-electron chi connectivity index (χ1n) is 8.42. The molecule has 4 nitrogen and oxygen atoms in total. The molecule has 23 heavy (non-hydrogen) atoms. The number of hydrogen-bond donors (Lipinski definition) is 2. The number of hydrogen-bond acceptors (Lipinski definition) is 2. The molecule has 2 N–H and O–H groups in total. The molecule has 0 aliphatic heterocycles. The van der Waals surface area contributed by atoms with Crippen LogP contribution in [0.5, 0.6) is 0 Å². The fourth-order valence-corrected chi connectivity index (χ4v) is 5.24. The molecule has 1 aromatic carbocycles. The molecule has 2 aliphatic carbocycles. The number of amides is 1. The van der Waals surface area contributed by atoms with Crippen LogP contribution in [0.4, 0.5) is 0 Å². The van der Waals surface area contributed by atoms with Crippen molar-refractivity contribution in [2.45, 2.75) is 52.0 Å². The molecular formula is C19H25NO3. The van der Waals surface area contributed by atoms with Crippen molar-refractivity contribution in [3.05, 3.63) is 35.9 Å². The number of carboxylic acids is 1. The van der Waals surface area contributed by atoms with E-state index >= 15 is 0 Å². The maximum Gasteiger partial charge on any atom is 0.330 e. The van der Waals surface area contributed by atoms with Crippen molar-refractivity contribution in [1.82, 2.24) is 5.32 Å². The molecule has 4 atom stereocenters. The minimum Gasteiger partial charge on any atom is -0.479 e. The Balaban J connectivity index is 2.00. The minimum atomic E-state index is -1.17. The number of benzene rings is 1. The normalized spacial score (nSPS) is 38.5. The molecule has 4 heteroatoms. The SMILES string of the molecule is CC[C@]1(C)[C@H]2CC[C@]1(C)[C@](NC(=O)c1ccccc1)(C(=O)O)C2. The van der Waals surface area contributed by atoms with Gasteiger partial charge in [-0.05, 0) is 49.1 Å². The van der Waals surface area contributed by atoms with E-state index in [-0.39, 0.29) is 11.3 Å². The van der Waals surface area contributed by atoms with E-state index < -0.39 is 16.9 Å². The van der Waals surface area contributed by atoms with Gasteiger partial charge in [0.2, 0.25) is 0 Å². The molecule has 3 rings (SSSR count). The van der Waals surface area contributed by atoms with E-state index in [1.54, 1.807) is 24.3 Å². The second kappa shape index (κ2) is 5.08. The third-order valence-electron chi connectivity index (χ3n) is 7.11. The Hall–Kier alpha value is -1.84. The molecule has 2 aliphatic rings. The van der Waals surface area contributed by atoms with Gasteiger partial charge in [0.25, 0.3) is 5.91 Å². The van der Waals surface area contributed by atoms with Gasteiger partial charge in [0.1, 0.15) is 5.54 Å². The van der Waals surface area contributed by atoms with E-state index in [2.05, 4.69) is 26.1 Å². The van der Waals surface area contributed by atoms with E-state index in [0.29, 0.717) is 17.9 Å². The predicted molar refractivity (Wildman–Crippen MR) is 88.1 cm³/mol. The number of carbonyl (C=O) groups excluding carboxylic acids is 1. The molecule has 0 saturated heterocycles. The monoisotopic (exact) mass is 315 g/mol. The molecule has 124 valence electrons. The van der Waals surface area contributed by atoms with Crippen LogP contribution in [0.3, 0.4) is 0 Å². The van der Waals surface area contributed by atoms with Crippen LogP contribution in [0.25, 0.3) is 0 Å². The zero-order valence-corrected chi connectivity index (χ0v) is 14.1. The van der Waals surface area contributed by atoms with Crippen molar-refractivity contribution in [2.75, 3.05) is 0 Å². The van der Waals surface area contributed by atoms with E-state index in [9.17, 15) is 14.7 Å². The molecule has 1 amide bonds. The van der Waals surface area contributed by atoms with Gasteiger partial charge in [0, 0.05) is 11.0 Å². The Kier molecular flexibility index (Phi) is 3.54. The molecule has 1 aromatic rings. The van der Waals surface area contributed by atoms with Gasteiger partial charge in [-0.1, -0.05) is 39.0 Å². The smallest absolute Gasteiger partial charge is 0.330 e. The van der Waals surface area contributed by atoms with Crippen molar-refractivity contribution in [3.63, 3.8) is 0 Å². The molecule has 2 bridgehead atoms. The maximum atomic E-state index is 12.7. The summed E-state index contributed by atoms with van der Waals surface area (Å²) in [4.78, 5) is 24.9. The topological polar surface area (TPSA) is 66.4 Å². The van der Waals surface area contributed by atoms with Crippen LogP contribution in [0.2, 0.25) is 0 Å². The first-order valence-corrected chi connectivity index (χ1v) is 8.42. The van der Waals surface area contributed by atoms with Gasteiger partial charge in [-0.25, -0.2) is 4.79 Å². The van der Waals surface area contributed by atoms with Gasteiger partial charge >= 0.3 is 5.97 Å². The summed E-state index contributed by atoms with van der Waals surface area (Å²) in [6.45, 7) is 6.39. The molecule has 0 spiro atoms. The van der Waals surface area contributed by atoms with Crippen LogP contribution >= 0.6 is 0 Å². The Bertz CT molecular complexity index is 643. The van der Waals surface area contributed by atoms with Gasteiger partial charge in [-0.3, -0.25) is 4.79 Å². The Morgan fingerprint density at radius 2 is 1.91 bits per heavy atom. The van der Waals surface area contributed by atoms with Crippen molar-refractivity contribution >= 4 is 11.9 Å². The number of nitrogens with one attached hydrogen (secondary N) is 1. The number of carbonyl (C=O) groups is 2. The number of aliphatic carboxylic acids is 1. The van der Waals surface area contributed by atoms with Crippen LogP contribution in [0.15, 0.2) is 30.3 Å². The summed E-state index contributed by atoms with van der Waals surface area (Å²) in [5.74, 6) is -0.837. The Morgan fingerprint density at radius 1 is 1.26 bits per heavy atom. The zero-order valence-electron chi connectivity index (χ0n) is 14.1. The molecule has 0 aromatic heterocycles. The van der Waals surface area contributed by atoms with Crippen molar-refractivity contribution in [3.8, 4) is 0 Å². The molecule has 2 saturated carbocycles. The Labute approximate surface area is 137 Å². The lowest BCUT2D eigenvalue weighted by molar-refractivity contribution is -0.152. The number of fused-ring (bicyclic) bond motifs is 2. The highest BCUT2D eigenvalue weighted by Gasteiger charge is 2.73. The van der Waals surface area contributed by atoms with Gasteiger partial charge in [-0.15, -0.1) is 0 Å². The summed E-state index contributed by atoms with van der Waals surface area (Å²) < 4.78 is 0. The third kappa shape index (κ3) is 1.90. The summed E-state index contributed by atoms with van der Waals surface area (Å²) in [6.07, 6.45) is 3.37. The first-order chi connectivity index (χ1) is 10.8. The lowest BCUT2D eigenvalue weighted by atomic mass is 9.61. The highest BCUT2D eigenvalue weighted by Crippen LogP contribution is 2.71. The average Bonchev–Trinajstić information content (AvgIpc) is 2.90. The van der Waals surface area contributed by atoms with Crippen molar-refractivity contribution in [1.29, 1.82) is 0 Å². The third-order valence-corrected chi connectivity index (χ3v) is 7.11.